The van der Waals surface area contributed by atoms with Crippen LogP contribution in [0, 0.1) is 13.8 Å². The summed E-state index contributed by atoms with van der Waals surface area (Å²) in [5, 5.41) is 9.17. The fourth-order valence-electron chi connectivity index (χ4n) is 3.23. The van der Waals surface area contributed by atoms with Crippen LogP contribution in [0.15, 0.2) is 71.8 Å². The standard InChI is InChI=1S/C29H32N4O5/c1-4-5-16-37-24-14-10-23(11-15-24)31-28(35)29(36)33-30-18-22-8-12-25(13-9-22)38-19-27(34)32-26-17-20(2)6-7-21(26)3/h6-15,17-18H,4-5,16,19H2,1-3H3,(H,31,35)(H,32,34)(H,33,36)/b30-18-. The lowest BCUT2D eigenvalue weighted by atomic mass is 10.1. The van der Waals surface area contributed by atoms with Crippen molar-refractivity contribution in [3.05, 3.63) is 83.4 Å². The Morgan fingerprint density at radius 3 is 2.24 bits per heavy atom. The summed E-state index contributed by atoms with van der Waals surface area (Å²) in [6.07, 6.45) is 3.40. The minimum absolute atomic E-state index is 0.138. The summed E-state index contributed by atoms with van der Waals surface area (Å²) in [7, 11) is 0. The Morgan fingerprint density at radius 1 is 0.842 bits per heavy atom. The molecular formula is C29H32N4O5. The zero-order valence-corrected chi connectivity index (χ0v) is 21.7. The number of unbranched alkanes of at least 4 members (excludes halogenated alkanes) is 1. The molecule has 0 radical (unpaired) electrons. The Balaban J connectivity index is 1.41. The van der Waals surface area contributed by atoms with Crippen LogP contribution in [0.5, 0.6) is 11.5 Å². The molecule has 0 heterocycles. The Kier molecular flexibility index (Phi) is 10.4. The number of amides is 3. The van der Waals surface area contributed by atoms with Gasteiger partial charge in [0.25, 0.3) is 5.91 Å². The van der Waals surface area contributed by atoms with E-state index in [1.165, 1.54) is 6.21 Å². The van der Waals surface area contributed by atoms with Crippen LogP contribution >= 0.6 is 0 Å². The highest BCUT2D eigenvalue weighted by molar-refractivity contribution is 6.39. The van der Waals surface area contributed by atoms with Crippen molar-refractivity contribution in [2.75, 3.05) is 23.8 Å². The van der Waals surface area contributed by atoms with Gasteiger partial charge in [-0.15, -0.1) is 0 Å². The van der Waals surface area contributed by atoms with Crippen molar-refractivity contribution in [1.29, 1.82) is 0 Å². The van der Waals surface area contributed by atoms with Crippen molar-refractivity contribution >= 4 is 35.3 Å². The predicted molar refractivity (Wildman–Crippen MR) is 148 cm³/mol. The van der Waals surface area contributed by atoms with E-state index in [1.54, 1.807) is 48.5 Å². The van der Waals surface area contributed by atoms with E-state index in [9.17, 15) is 14.4 Å². The normalized spacial score (nSPS) is 10.6. The molecule has 0 aliphatic heterocycles. The second-order valence-corrected chi connectivity index (χ2v) is 8.60. The lowest BCUT2D eigenvalue weighted by molar-refractivity contribution is -0.136. The number of aryl methyl sites for hydroxylation is 2. The molecule has 3 amide bonds. The quantitative estimate of drug-likeness (QED) is 0.149. The van der Waals surface area contributed by atoms with Crippen molar-refractivity contribution in [2.45, 2.75) is 33.6 Å². The van der Waals surface area contributed by atoms with Gasteiger partial charge in [0.15, 0.2) is 6.61 Å². The van der Waals surface area contributed by atoms with E-state index >= 15 is 0 Å². The van der Waals surface area contributed by atoms with E-state index in [1.807, 2.05) is 32.0 Å². The molecule has 0 bridgehead atoms. The highest BCUT2D eigenvalue weighted by atomic mass is 16.5. The Hall–Kier alpha value is -4.66. The Bertz CT molecular complexity index is 1270. The molecule has 9 nitrogen and oxygen atoms in total. The van der Waals surface area contributed by atoms with Crippen molar-refractivity contribution in [3.63, 3.8) is 0 Å². The average molecular weight is 517 g/mol. The number of carbonyl (C=O) groups is 3. The molecule has 0 atom stereocenters. The molecular weight excluding hydrogens is 484 g/mol. The number of carbonyl (C=O) groups excluding carboxylic acids is 3. The van der Waals surface area contributed by atoms with E-state index in [0.717, 1.165) is 29.7 Å². The third-order valence-corrected chi connectivity index (χ3v) is 5.38. The maximum atomic E-state index is 12.2. The third kappa shape index (κ3) is 9.09. The zero-order chi connectivity index (χ0) is 27.3. The number of nitrogens with zero attached hydrogens (tertiary/aromatic N) is 1. The summed E-state index contributed by atoms with van der Waals surface area (Å²) >= 11 is 0. The predicted octanol–water partition coefficient (Wildman–Crippen LogP) is 4.59. The van der Waals surface area contributed by atoms with E-state index < -0.39 is 11.8 Å². The molecule has 0 saturated heterocycles. The molecule has 0 fully saturated rings. The summed E-state index contributed by atoms with van der Waals surface area (Å²) < 4.78 is 11.1. The molecule has 3 rings (SSSR count). The van der Waals surface area contributed by atoms with Gasteiger partial charge in [0.1, 0.15) is 11.5 Å². The SMILES string of the molecule is CCCCOc1ccc(NC(=O)C(=O)N/N=C\c2ccc(OCC(=O)Nc3cc(C)ccc3C)cc2)cc1. The van der Waals surface area contributed by atoms with Gasteiger partial charge in [-0.3, -0.25) is 14.4 Å². The van der Waals surface area contributed by atoms with Gasteiger partial charge in [-0.05, 0) is 91.6 Å². The lowest BCUT2D eigenvalue weighted by Gasteiger charge is -2.10. The van der Waals surface area contributed by atoms with Gasteiger partial charge in [-0.25, -0.2) is 5.43 Å². The first-order valence-electron chi connectivity index (χ1n) is 12.3. The van der Waals surface area contributed by atoms with E-state index in [2.05, 4.69) is 28.1 Å². The van der Waals surface area contributed by atoms with Crippen LogP contribution in [0.4, 0.5) is 11.4 Å². The highest BCUT2D eigenvalue weighted by Gasteiger charge is 2.13. The number of nitrogens with one attached hydrogen (secondary N) is 3. The molecule has 0 aliphatic carbocycles. The molecule has 3 aromatic carbocycles. The maximum absolute atomic E-state index is 12.2. The molecule has 3 N–H and O–H groups in total. The topological polar surface area (TPSA) is 118 Å². The van der Waals surface area contributed by atoms with E-state index in [-0.39, 0.29) is 12.5 Å². The Morgan fingerprint density at radius 2 is 1.53 bits per heavy atom. The Labute approximate surface area is 222 Å². The molecule has 0 unspecified atom stereocenters. The van der Waals surface area contributed by atoms with E-state index in [0.29, 0.717) is 29.4 Å². The monoisotopic (exact) mass is 516 g/mol. The molecule has 0 spiro atoms. The van der Waals surface area contributed by atoms with Gasteiger partial charge in [0.05, 0.1) is 12.8 Å². The highest BCUT2D eigenvalue weighted by Crippen LogP contribution is 2.17. The van der Waals surface area contributed by atoms with Gasteiger partial charge in [-0.2, -0.15) is 5.10 Å². The van der Waals surface area contributed by atoms with Crippen molar-refractivity contribution in [2.24, 2.45) is 5.10 Å². The lowest BCUT2D eigenvalue weighted by Crippen LogP contribution is -2.32. The maximum Gasteiger partial charge on any atom is 0.329 e. The van der Waals surface area contributed by atoms with Gasteiger partial charge in [0.2, 0.25) is 0 Å². The molecule has 0 saturated carbocycles. The van der Waals surface area contributed by atoms with Gasteiger partial charge >= 0.3 is 11.8 Å². The van der Waals surface area contributed by atoms with Crippen LogP contribution in [0.3, 0.4) is 0 Å². The summed E-state index contributed by atoms with van der Waals surface area (Å²) in [6.45, 7) is 6.46. The van der Waals surface area contributed by atoms with E-state index in [4.69, 9.17) is 9.47 Å². The summed E-state index contributed by atoms with van der Waals surface area (Å²) in [5.74, 6) is -0.809. The van der Waals surface area contributed by atoms with Crippen LogP contribution < -0.4 is 25.5 Å². The second kappa shape index (κ2) is 14.2. The zero-order valence-electron chi connectivity index (χ0n) is 21.7. The minimum atomic E-state index is -0.903. The summed E-state index contributed by atoms with van der Waals surface area (Å²) in [6, 6.07) is 19.4. The number of anilines is 2. The van der Waals surface area contributed by atoms with Gasteiger partial charge in [-0.1, -0.05) is 25.5 Å². The van der Waals surface area contributed by atoms with Crippen molar-refractivity contribution < 1.29 is 23.9 Å². The van der Waals surface area contributed by atoms with Crippen LogP contribution in [-0.4, -0.2) is 37.1 Å². The number of hydrogen-bond acceptors (Lipinski definition) is 6. The van der Waals surface area contributed by atoms with Crippen LogP contribution in [0.2, 0.25) is 0 Å². The molecule has 198 valence electrons. The number of rotatable bonds is 11. The number of hydrogen-bond donors (Lipinski definition) is 3. The summed E-state index contributed by atoms with van der Waals surface area (Å²) in [5.41, 5.74) is 6.11. The van der Waals surface area contributed by atoms with Crippen LogP contribution in [-0.2, 0) is 14.4 Å². The smallest absolute Gasteiger partial charge is 0.329 e. The summed E-state index contributed by atoms with van der Waals surface area (Å²) in [4.78, 5) is 36.3. The molecule has 3 aromatic rings. The van der Waals surface area contributed by atoms with Crippen molar-refractivity contribution in [1.82, 2.24) is 5.43 Å². The largest absolute Gasteiger partial charge is 0.494 e. The van der Waals surface area contributed by atoms with Gasteiger partial charge < -0.3 is 20.1 Å². The van der Waals surface area contributed by atoms with Crippen LogP contribution in [0.25, 0.3) is 0 Å². The second-order valence-electron chi connectivity index (χ2n) is 8.60. The first-order valence-corrected chi connectivity index (χ1v) is 12.3. The van der Waals surface area contributed by atoms with Gasteiger partial charge in [0, 0.05) is 11.4 Å². The molecule has 38 heavy (non-hydrogen) atoms. The number of hydrazone groups is 1. The number of benzene rings is 3. The fraction of sp³-hybridized carbons (Fsp3) is 0.241. The molecule has 0 aliphatic rings. The average Bonchev–Trinajstić information content (AvgIpc) is 2.91. The van der Waals surface area contributed by atoms with Crippen molar-refractivity contribution in [3.8, 4) is 11.5 Å². The first-order chi connectivity index (χ1) is 18.3. The van der Waals surface area contributed by atoms with Crippen LogP contribution in [0.1, 0.15) is 36.5 Å². The third-order valence-electron chi connectivity index (χ3n) is 5.38. The fourth-order valence-corrected chi connectivity index (χ4v) is 3.23. The minimum Gasteiger partial charge on any atom is -0.494 e. The molecule has 0 aromatic heterocycles. The molecule has 9 heteroatoms. The first kappa shape index (κ1) is 27.9. The number of ether oxygens (including phenoxy) is 2.